The molecule has 0 spiro atoms. The Kier molecular flexibility index (Phi) is 6.21. The Morgan fingerprint density at radius 3 is 2.25 bits per heavy atom. The first-order valence-electron chi connectivity index (χ1n) is 9.21. The van der Waals surface area contributed by atoms with Gasteiger partial charge in [-0.2, -0.15) is 0 Å². The summed E-state index contributed by atoms with van der Waals surface area (Å²) in [4.78, 5) is 37.3. The molecule has 0 aliphatic carbocycles. The van der Waals surface area contributed by atoms with E-state index in [4.69, 9.17) is 0 Å². The molecule has 2 aromatic rings. The number of nitrogens with zero attached hydrogens (tertiary/aromatic N) is 2. The molecule has 2 N–H and O–H groups in total. The van der Waals surface area contributed by atoms with E-state index in [0.29, 0.717) is 11.3 Å². The first kappa shape index (κ1) is 19.3. The minimum absolute atomic E-state index is 0.120. The van der Waals surface area contributed by atoms with Crippen LogP contribution in [-0.4, -0.2) is 42.9 Å². The number of non-ortho nitro benzene ring substituents is 1. The van der Waals surface area contributed by atoms with Crippen LogP contribution in [0.3, 0.4) is 0 Å². The number of nitrogens with one attached hydrogen (secondary N) is 2. The summed E-state index contributed by atoms with van der Waals surface area (Å²) in [6.45, 7) is 2.13. The van der Waals surface area contributed by atoms with Crippen molar-refractivity contribution in [1.29, 1.82) is 0 Å². The van der Waals surface area contributed by atoms with Crippen molar-refractivity contribution in [3.63, 3.8) is 0 Å². The highest BCUT2D eigenvalue weighted by Gasteiger charge is 2.22. The molecular weight excluding hydrogens is 360 g/mol. The second-order valence-corrected chi connectivity index (χ2v) is 6.53. The fraction of sp³-hybridized carbons (Fsp3) is 0.300. The Morgan fingerprint density at radius 1 is 0.964 bits per heavy atom. The number of nitro groups is 1. The maximum Gasteiger partial charge on any atom is 0.270 e. The molecule has 1 aliphatic rings. The van der Waals surface area contributed by atoms with E-state index < -0.39 is 4.92 Å². The van der Waals surface area contributed by atoms with Crippen molar-refractivity contribution in [3.05, 3.63) is 69.8 Å². The molecule has 146 valence electrons. The Hall–Kier alpha value is -3.42. The molecule has 28 heavy (non-hydrogen) atoms. The average molecular weight is 382 g/mol. The van der Waals surface area contributed by atoms with Crippen LogP contribution < -0.4 is 15.5 Å². The molecule has 0 aromatic heterocycles. The lowest BCUT2D eigenvalue weighted by Gasteiger charge is -2.21. The van der Waals surface area contributed by atoms with Gasteiger partial charge in [-0.1, -0.05) is 18.2 Å². The van der Waals surface area contributed by atoms with Gasteiger partial charge in [0.2, 0.25) is 0 Å². The van der Waals surface area contributed by atoms with Crippen LogP contribution >= 0.6 is 0 Å². The first-order valence-corrected chi connectivity index (χ1v) is 9.21. The predicted octanol–water partition coefficient (Wildman–Crippen LogP) is 2.35. The van der Waals surface area contributed by atoms with Gasteiger partial charge in [0, 0.05) is 43.9 Å². The highest BCUT2D eigenvalue weighted by atomic mass is 16.6. The number of rotatable bonds is 7. The maximum absolute atomic E-state index is 12.6. The van der Waals surface area contributed by atoms with Crippen molar-refractivity contribution in [2.45, 2.75) is 12.8 Å². The molecule has 0 unspecified atom stereocenters. The summed E-state index contributed by atoms with van der Waals surface area (Å²) >= 11 is 0. The highest BCUT2D eigenvalue weighted by molar-refractivity contribution is 6.00. The van der Waals surface area contributed by atoms with Gasteiger partial charge in [-0.05, 0) is 31.0 Å². The molecule has 2 aromatic carbocycles. The van der Waals surface area contributed by atoms with E-state index in [1.807, 2.05) is 6.07 Å². The SMILES string of the molecule is O=C(NCCNC(=O)c1cc([N+](=O)[O-])ccc1N1CCCC1)c1ccccc1. The standard InChI is InChI=1S/C20H22N4O4/c25-19(15-6-2-1-3-7-15)21-10-11-22-20(26)17-14-16(24(27)28)8-9-18(17)23-12-4-5-13-23/h1-3,6-9,14H,4-5,10-13H2,(H,21,25)(H,22,26). The van der Waals surface area contributed by atoms with Crippen molar-refractivity contribution in [3.8, 4) is 0 Å². The number of hydrogen-bond acceptors (Lipinski definition) is 5. The fourth-order valence-electron chi connectivity index (χ4n) is 3.19. The average Bonchev–Trinajstić information content (AvgIpc) is 3.25. The molecule has 2 amide bonds. The van der Waals surface area contributed by atoms with Crippen LogP contribution in [0.1, 0.15) is 33.6 Å². The van der Waals surface area contributed by atoms with E-state index in [-0.39, 0.29) is 36.2 Å². The number of amides is 2. The van der Waals surface area contributed by atoms with E-state index >= 15 is 0 Å². The largest absolute Gasteiger partial charge is 0.371 e. The second-order valence-electron chi connectivity index (χ2n) is 6.53. The third-order valence-electron chi connectivity index (χ3n) is 4.61. The lowest BCUT2D eigenvalue weighted by Crippen LogP contribution is -2.35. The summed E-state index contributed by atoms with van der Waals surface area (Å²) in [6.07, 6.45) is 2.06. The lowest BCUT2D eigenvalue weighted by atomic mass is 10.1. The van der Waals surface area contributed by atoms with Crippen LogP contribution in [-0.2, 0) is 0 Å². The first-order chi connectivity index (χ1) is 13.6. The zero-order valence-electron chi connectivity index (χ0n) is 15.4. The third kappa shape index (κ3) is 4.64. The lowest BCUT2D eigenvalue weighted by molar-refractivity contribution is -0.384. The number of hydrogen-bond donors (Lipinski definition) is 2. The number of nitro benzene ring substituents is 1. The maximum atomic E-state index is 12.6. The Balaban J connectivity index is 1.62. The minimum Gasteiger partial charge on any atom is -0.371 e. The summed E-state index contributed by atoms with van der Waals surface area (Å²) < 4.78 is 0. The van der Waals surface area contributed by atoms with Crippen molar-refractivity contribution >= 4 is 23.2 Å². The molecule has 0 saturated carbocycles. The van der Waals surface area contributed by atoms with Crippen molar-refractivity contribution < 1.29 is 14.5 Å². The summed E-state index contributed by atoms with van der Waals surface area (Å²) in [7, 11) is 0. The normalized spacial score (nSPS) is 13.2. The van der Waals surface area contributed by atoms with Crippen LogP contribution in [0.25, 0.3) is 0 Å². The molecule has 0 bridgehead atoms. The highest BCUT2D eigenvalue weighted by Crippen LogP contribution is 2.28. The summed E-state index contributed by atoms with van der Waals surface area (Å²) in [5.74, 6) is -0.609. The molecule has 1 aliphatic heterocycles. The van der Waals surface area contributed by atoms with E-state index in [1.54, 1.807) is 30.3 Å². The van der Waals surface area contributed by atoms with Crippen LogP contribution in [0.4, 0.5) is 11.4 Å². The van der Waals surface area contributed by atoms with Gasteiger partial charge in [0.05, 0.1) is 16.2 Å². The summed E-state index contributed by atoms with van der Waals surface area (Å²) in [5.41, 5.74) is 1.41. The molecule has 1 heterocycles. The topological polar surface area (TPSA) is 105 Å². The number of benzene rings is 2. The Labute approximate surface area is 162 Å². The van der Waals surface area contributed by atoms with Gasteiger partial charge in [0.25, 0.3) is 17.5 Å². The molecule has 8 nitrogen and oxygen atoms in total. The van der Waals surface area contributed by atoms with Gasteiger partial charge in [0.1, 0.15) is 0 Å². The second kappa shape index (κ2) is 8.98. The Morgan fingerprint density at radius 2 is 1.61 bits per heavy atom. The monoisotopic (exact) mass is 382 g/mol. The number of anilines is 1. The molecule has 0 atom stereocenters. The van der Waals surface area contributed by atoms with Gasteiger partial charge in [-0.3, -0.25) is 19.7 Å². The zero-order chi connectivity index (χ0) is 19.9. The number of carbonyl (C=O) groups is 2. The smallest absolute Gasteiger partial charge is 0.270 e. The van der Waals surface area contributed by atoms with Crippen molar-refractivity contribution in [2.24, 2.45) is 0 Å². The van der Waals surface area contributed by atoms with Gasteiger partial charge in [-0.25, -0.2) is 0 Å². The van der Waals surface area contributed by atoms with Crippen molar-refractivity contribution in [2.75, 3.05) is 31.1 Å². The van der Waals surface area contributed by atoms with Gasteiger partial charge in [-0.15, -0.1) is 0 Å². The summed E-state index contributed by atoms with van der Waals surface area (Å²) in [6, 6.07) is 13.2. The molecule has 0 radical (unpaired) electrons. The third-order valence-corrected chi connectivity index (χ3v) is 4.61. The van der Waals surface area contributed by atoms with Gasteiger partial charge >= 0.3 is 0 Å². The Bertz CT molecular complexity index is 864. The van der Waals surface area contributed by atoms with Crippen LogP contribution in [0.5, 0.6) is 0 Å². The van der Waals surface area contributed by atoms with E-state index in [0.717, 1.165) is 25.9 Å². The molecule has 1 fully saturated rings. The van der Waals surface area contributed by atoms with E-state index in [9.17, 15) is 19.7 Å². The zero-order valence-corrected chi connectivity index (χ0v) is 15.4. The predicted molar refractivity (Wildman–Crippen MR) is 106 cm³/mol. The van der Waals surface area contributed by atoms with Gasteiger partial charge < -0.3 is 15.5 Å². The fourth-order valence-corrected chi connectivity index (χ4v) is 3.19. The van der Waals surface area contributed by atoms with Crippen LogP contribution in [0, 0.1) is 10.1 Å². The summed E-state index contributed by atoms with van der Waals surface area (Å²) in [5, 5.41) is 16.6. The molecule has 8 heteroatoms. The number of carbonyl (C=O) groups excluding carboxylic acids is 2. The van der Waals surface area contributed by atoms with E-state index in [2.05, 4.69) is 15.5 Å². The van der Waals surface area contributed by atoms with Crippen LogP contribution in [0.2, 0.25) is 0 Å². The van der Waals surface area contributed by atoms with Crippen LogP contribution in [0.15, 0.2) is 48.5 Å². The molecular formula is C20H22N4O4. The molecule has 1 saturated heterocycles. The quantitative estimate of drug-likeness (QED) is 0.435. The minimum atomic E-state index is -0.509. The van der Waals surface area contributed by atoms with Crippen molar-refractivity contribution in [1.82, 2.24) is 10.6 Å². The molecule has 3 rings (SSSR count). The van der Waals surface area contributed by atoms with Gasteiger partial charge in [0.15, 0.2) is 0 Å². The van der Waals surface area contributed by atoms with E-state index in [1.165, 1.54) is 12.1 Å².